The third-order valence-corrected chi connectivity index (χ3v) is 17.0. The fourth-order valence-corrected chi connectivity index (χ4v) is 11.4. The van der Waals surface area contributed by atoms with Gasteiger partial charge in [0.2, 0.25) is 5.91 Å². The van der Waals surface area contributed by atoms with Crippen LogP contribution in [0.15, 0.2) is 60.8 Å². The van der Waals surface area contributed by atoms with Crippen LogP contribution in [-0.2, 0) is 33.2 Å². The number of nitrogens with one attached hydrogen (secondary N) is 1. The number of rotatable bonds is 52. The van der Waals surface area contributed by atoms with Gasteiger partial charge in [0, 0.05) is 6.42 Å². The van der Waals surface area contributed by atoms with Crippen LogP contribution in [0, 0.1) is 0 Å². The van der Waals surface area contributed by atoms with E-state index in [1.807, 2.05) is 6.08 Å². The van der Waals surface area contributed by atoms with Crippen molar-refractivity contribution in [2.45, 2.75) is 343 Å². The summed E-state index contributed by atoms with van der Waals surface area (Å²) in [7, 11) is 0. The normalized spacial score (nSPS) is 28.8. The number of amides is 1. The van der Waals surface area contributed by atoms with E-state index in [-0.39, 0.29) is 18.9 Å². The molecule has 0 saturated carbocycles. The molecule has 3 saturated heterocycles. The lowest BCUT2D eigenvalue weighted by molar-refractivity contribution is -0.379. The summed E-state index contributed by atoms with van der Waals surface area (Å²) < 4.78 is 34.3. The van der Waals surface area contributed by atoms with Gasteiger partial charge in [-0.25, -0.2) is 0 Å². The van der Waals surface area contributed by atoms with Crippen LogP contribution in [0.4, 0.5) is 0 Å². The van der Waals surface area contributed by atoms with Crippen molar-refractivity contribution in [2.24, 2.45) is 0 Å². The third-order valence-electron chi connectivity index (χ3n) is 17.0. The van der Waals surface area contributed by atoms with Gasteiger partial charge in [-0.15, -0.1) is 0 Å². The van der Waals surface area contributed by atoms with Gasteiger partial charge in [-0.3, -0.25) is 4.79 Å². The molecular weight excluding hydrogens is 1130 g/mol. The van der Waals surface area contributed by atoms with Crippen LogP contribution in [0.25, 0.3) is 0 Å². The van der Waals surface area contributed by atoms with Gasteiger partial charge in [0.05, 0.1) is 38.6 Å². The average Bonchev–Trinajstić information content (AvgIpc) is 3.72. The second kappa shape index (κ2) is 51.0. The van der Waals surface area contributed by atoms with E-state index in [0.717, 1.165) is 70.6 Å². The molecular formula is C69H123NO18. The summed E-state index contributed by atoms with van der Waals surface area (Å²) in [6, 6.07) is -1.00. The quantitative estimate of drug-likeness (QED) is 0.0200. The van der Waals surface area contributed by atoms with Gasteiger partial charge < -0.3 is 89.9 Å². The summed E-state index contributed by atoms with van der Waals surface area (Å²) >= 11 is 0. The number of allylic oxidation sites excluding steroid dienone is 9. The molecule has 3 aliphatic rings. The minimum Gasteiger partial charge on any atom is -0.394 e. The number of unbranched alkanes of at least 4 members (excludes halogenated alkanes) is 28. The first-order chi connectivity index (χ1) is 42.8. The summed E-state index contributed by atoms with van der Waals surface area (Å²) in [6.07, 6.45) is 34.8. The zero-order valence-corrected chi connectivity index (χ0v) is 53.9. The van der Waals surface area contributed by atoms with Crippen molar-refractivity contribution in [2.75, 3.05) is 26.4 Å². The van der Waals surface area contributed by atoms with Gasteiger partial charge in [0.25, 0.3) is 0 Å². The SMILES string of the molecule is CCCCCCC/C=C\C/C=C\C/C=C\CCCCCCCCC(=O)NC(COC1OC(CO)C(OC2OC(CO)C(OC3OC(CO)C(O)C(O)C3O)C(O)C2O)C(O)C1O)C(O)/C=C/CC/C=C/CCCCCCCCCCCCCCCCCC. The Morgan fingerprint density at radius 3 is 1.22 bits per heavy atom. The number of ether oxygens (including phenoxy) is 6. The van der Waals surface area contributed by atoms with E-state index in [1.165, 1.54) is 135 Å². The van der Waals surface area contributed by atoms with Crippen molar-refractivity contribution in [3.05, 3.63) is 60.8 Å². The smallest absolute Gasteiger partial charge is 0.220 e. The van der Waals surface area contributed by atoms with Gasteiger partial charge in [0.1, 0.15) is 73.2 Å². The second-order valence-electron chi connectivity index (χ2n) is 24.6. The number of aliphatic hydroxyl groups excluding tert-OH is 11. The molecule has 0 aromatic carbocycles. The Balaban J connectivity index is 1.47. The van der Waals surface area contributed by atoms with Crippen molar-refractivity contribution in [1.29, 1.82) is 0 Å². The molecule has 0 aromatic heterocycles. The minimum absolute atomic E-state index is 0.219. The highest BCUT2D eigenvalue weighted by Crippen LogP contribution is 2.33. The Morgan fingerprint density at radius 2 is 0.761 bits per heavy atom. The summed E-state index contributed by atoms with van der Waals surface area (Å²) in [4.78, 5) is 13.4. The molecule has 3 rings (SSSR count). The molecule has 1 amide bonds. The van der Waals surface area contributed by atoms with E-state index < -0.39 is 124 Å². The molecule has 3 aliphatic heterocycles. The van der Waals surface area contributed by atoms with E-state index in [0.29, 0.717) is 12.8 Å². The number of hydrogen-bond donors (Lipinski definition) is 12. The van der Waals surface area contributed by atoms with Crippen molar-refractivity contribution in [3.8, 4) is 0 Å². The molecule has 3 heterocycles. The van der Waals surface area contributed by atoms with Gasteiger partial charge >= 0.3 is 0 Å². The molecule has 0 bridgehead atoms. The fourth-order valence-electron chi connectivity index (χ4n) is 11.4. The Hall–Kier alpha value is -2.51. The zero-order valence-electron chi connectivity index (χ0n) is 53.9. The topological polar surface area (TPSA) is 307 Å². The number of aliphatic hydroxyl groups is 11. The van der Waals surface area contributed by atoms with Gasteiger partial charge in [-0.1, -0.05) is 222 Å². The average molecular weight is 1250 g/mol. The first kappa shape index (κ1) is 79.7. The van der Waals surface area contributed by atoms with Crippen molar-refractivity contribution < 1.29 is 89.4 Å². The maximum Gasteiger partial charge on any atom is 0.220 e. The Bertz CT molecular complexity index is 1830. The van der Waals surface area contributed by atoms with Crippen LogP contribution < -0.4 is 5.32 Å². The van der Waals surface area contributed by atoms with Crippen LogP contribution in [-0.4, -0.2) is 193 Å². The van der Waals surface area contributed by atoms with Gasteiger partial charge in [0.15, 0.2) is 18.9 Å². The van der Waals surface area contributed by atoms with E-state index in [4.69, 9.17) is 28.4 Å². The van der Waals surface area contributed by atoms with Crippen molar-refractivity contribution in [1.82, 2.24) is 5.32 Å². The summed E-state index contributed by atoms with van der Waals surface area (Å²) in [5, 5.41) is 120. The maximum absolute atomic E-state index is 13.4. The third kappa shape index (κ3) is 32.9. The van der Waals surface area contributed by atoms with Gasteiger partial charge in [-0.05, 0) is 70.6 Å². The molecule has 17 atom stereocenters. The second-order valence-corrected chi connectivity index (χ2v) is 24.6. The lowest BCUT2D eigenvalue weighted by Crippen LogP contribution is -2.66. The Kier molecular flexibility index (Phi) is 46.2. The van der Waals surface area contributed by atoms with Crippen molar-refractivity contribution in [3.63, 3.8) is 0 Å². The molecule has 17 unspecified atom stereocenters. The molecule has 512 valence electrons. The Labute approximate surface area is 528 Å². The highest BCUT2D eigenvalue weighted by molar-refractivity contribution is 5.76. The minimum atomic E-state index is -1.98. The van der Waals surface area contributed by atoms with E-state index >= 15 is 0 Å². The number of carbonyl (C=O) groups is 1. The molecule has 19 nitrogen and oxygen atoms in total. The molecule has 88 heavy (non-hydrogen) atoms. The fraction of sp³-hybridized carbons (Fsp3) is 0.841. The van der Waals surface area contributed by atoms with Crippen LogP contribution in [0.5, 0.6) is 0 Å². The monoisotopic (exact) mass is 1250 g/mol. The summed E-state index contributed by atoms with van der Waals surface area (Å²) in [5.41, 5.74) is 0. The van der Waals surface area contributed by atoms with Crippen LogP contribution >= 0.6 is 0 Å². The van der Waals surface area contributed by atoms with Crippen LogP contribution in [0.1, 0.15) is 239 Å². The largest absolute Gasteiger partial charge is 0.394 e. The molecule has 0 aromatic rings. The maximum atomic E-state index is 13.4. The van der Waals surface area contributed by atoms with Crippen LogP contribution in [0.3, 0.4) is 0 Å². The van der Waals surface area contributed by atoms with E-state index in [2.05, 4.69) is 67.8 Å². The highest BCUT2D eigenvalue weighted by atomic mass is 16.8. The molecule has 19 heteroatoms. The number of carbonyl (C=O) groups excluding carboxylic acids is 1. The molecule has 3 fully saturated rings. The predicted octanol–water partition coefficient (Wildman–Crippen LogP) is 8.77. The Morgan fingerprint density at radius 1 is 0.409 bits per heavy atom. The summed E-state index contributed by atoms with van der Waals surface area (Å²) in [5.74, 6) is -0.298. The lowest BCUT2D eigenvalue weighted by Gasteiger charge is -2.48. The van der Waals surface area contributed by atoms with Crippen molar-refractivity contribution >= 4 is 5.91 Å². The highest BCUT2D eigenvalue weighted by Gasteiger charge is 2.53. The first-order valence-electron chi connectivity index (χ1n) is 34.5. The lowest BCUT2D eigenvalue weighted by atomic mass is 9.96. The molecule has 0 spiro atoms. The van der Waals surface area contributed by atoms with Gasteiger partial charge in [-0.2, -0.15) is 0 Å². The zero-order chi connectivity index (χ0) is 64.0. The summed E-state index contributed by atoms with van der Waals surface area (Å²) in [6.45, 7) is 1.70. The first-order valence-corrected chi connectivity index (χ1v) is 34.5. The van der Waals surface area contributed by atoms with Crippen LogP contribution in [0.2, 0.25) is 0 Å². The standard InChI is InChI=1S/C69H123NO18/c1-3-5-7-9-11-13-15-17-19-21-23-25-27-28-30-32-34-36-38-40-42-44-46-53(74)52(70-57(75)47-45-43-41-39-37-35-33-31-29-26-24-22-20-18-16-14-12-10-8-6-4-2)51-83-67-63(81)60(78)65(55(49-72)85-67)88-69-64(82)61(79)66(56(50-73)86-69)87-68-62(80)59(77)58(76)54(48-71)84-68/h16,18,22,24,29,31,36,38,44,46,52-56,58-69,71-74,76-82H,3-15,17,19-21,23,25-28,30,32-35,37,39-43,45,47-51H2,1-2H3,(H,70,75)/b18-16-,24-22-,31-29-,38-36+,46-44+. The number of hydrogen-bond acceptors (Lipinski definition) is 18. The molecule has 12 N–H and O–H groups in total. The molecule has 0 aliphatic carbocycles. The molecule has 0 radical (unpaired) electrons. The van der Waals surface area contributed by atoms with E-state index in [9.17, 15) is 61.0 Å². The predicted molar refractivity (Wildman–Crippen MR) is 342 cm³/mol. The van der Waals surface area contributed by atoms with E-state index in [1.54, 1.807) is 6.08 Å².